The molecule has 15 heavy (non-hydrogen) atoms. The molecule has 0 heterocycles. The number of hydrogen-bond donors (Lipinski definition) is 0. The van der Waals surface area contributed by atoms with E-state index in [1.165, 1.54) is 5.56 Å². The van der Waals surface area contributed by atoms with Crippen LogP contribution in [0.4, 0.5) is 0 Å². The lowest BCUT2D eigenvalue weighted by Gasteiger charge is -1.93. The Morgan fingerprint density at radius 1 is 0.933 bits per heavy atom. The average Bonchev–Trinajstić information content (AvgIpc) is 2.28. The Kier molecular flexibility index (Phi) is 8.46. The van der Waals surface area contributed by atoms with Gasteiger partial charge in [0.15, 0.2) is 0 Å². The first kappa shape index (κ1) is 13.7. The van der Waals surface area contributed by atoms with Crippen molar-refractivity contribution in [3.05, 3.63) is 54.1 Å². The molecule has 1 rings (SSSR count). The van der Waals surface area contributed by atoms with Crippen LogP contribution in [-0.2, 0) is 0 Å². The maximum absolute atomic E-state index is 2.20. The van der Waals surface area contributed by atoms with Crippen molar-refractivity contribution in [2.24, 2.45) is 5.92 Å². The van der Waals surface area contributed by atoms with Gasteiger partial charge in [-0.05, 0) is 25.3 Å². The minimum Gasteiger partial charge on any atom is -0.0919 e. The van der Waals surface area contributed by atoms with Gasteiger partial charge >= 0.3 is 0 Å². The molecule has 0 aliphatic rings. The Hall–Kier alpha value is -1.30. The van der Waals surface area contributed by atoms with E-state index in [-0.39, 0.29) is 0 Å². The van der Waals surface area contributed by atoms with Crippen LogP contribution < -0.4 is 0 Å². The second-order valence-electron chi connectivity index (χ2n) is 3.68. The van der Waals surface area contributed by atoms with Gasteiger partial charge in [0.1, 0.15) is 0 Å². The predicted molar refractivity (Wildman–Crippen MR) is 70.8 cm³/mol. The van der Waals surface area contributed by atoms with E-state index in [1.54, 1.807) is 0 Å². The summed E-state index contributed by atoms with van der Waals surface area (Å²) in [5, 5.41) is 0. The molecule has 0 spiro atoms. The molecule has 0 bridgehead atoms. The fourth-order valence-electron chi connectivity index (χ4n) is 0.868. The van der Waals surface area contributed by atoms with E-state index < -0.39 is 0 Å². The predicted octanol–water partition coefficient (Wildman–Crippen LogP) is 4.94. The van der Waals surface area contributed by atoms with E-state index in [0.29, 0.717) is 5.92 Å². The van der Waals surface area contributed by atoms with Crippen molar-refractivity contribution in [1.82, 2.24) is 0 Å². The summed E-state index contributed by atoms with van der Waals surface area (Å²) in [4.78, 5) is 0. The molecule has 0 aromatic heterocycles. The van der Waals surface area contributed by atoms with Gasteiger partial charge in [0.2, 0.25) is 0 Å². The average molecular weight is 202 g/mol. The quantitative estimate of drug-likeness (QED) is 0.596. The smallest absolute Gasteiger partial charge is 0.0260 e. The molecule has 0 saturated carbocycles. The maximum Gasteiger partial charge on any atom is -0.0260 e. The highest BCUT2D eigenvalue weighted by Gasteiger charge is 1.84. The molecule has 0 radical (unpaired) electrons. The Bertz CT molecular complexity index is 274. The third-order valence-electron chi connectivity index (χ3n) is 1.81. The molecule has 82 valence electrons. The van der Waals surface area contributed by atoms with Gasteiger partial charge in [0.05, 0.1) is 0 Å². The topological polar surface area (TPSA) is 0 Å². The van der Waals surface area contributed by atoms with E-state index in [4.69, 9.17) is 0 Å². The molecule has 1 aromatic rings. The lowest BCUT2D eigenvalue weighted by atomic mass is 10.1. The summed E-state index contributed by atoms with van der Waals surface area (Å²) in [5.41, 5.74) is 1.28. The molecule has 0 amide bonds. The van der Waals surface area contributed by atoms with Gasteiger partial charge in [-0.1, -0.05) is 68.5 Å². The molecule has 0 unspecified atom stereocenters. The van der Waals surface area contributed by atoms with Gasteiger partial charge in [-0.2, -0.15) is 0 Å². The largest absolute Gasteiger partial charge is 0.0919 e. The van der Waals surface area contributed by atoms with Crippen LogP contribution in [-0.4, -0.2) is 0 Å². The van der Waals surface area contributed by atoms with E-state index in [1.807, 2.05) is 32.1 Å². The van der Waals surface area contributed by atoms with Crippen LogP contribution in [0.25, 0.3) is 6.08 Å². The zero-order valence-electron chi connectivity index (χ0n) is 10.3. The van der Waals surface area contributed by atoms with Gasteiger partial charge in [0.25, 0.3) is 0 Å². The highest BCUT2D eigenvalue weighted by molar-refractivity contribution is 5.48. The Labute approximate surface area is 94.3 Å². The van der Waals surface area contributed by atoms with Gasteiger partial charge in [-0.15, -0.1) is 0 Å². The Morgan fingerprint density at radius 2 is 1.47 bits per heavy atom. The SMILES string of the molecule is C/C=C\C.CC(C)/C=C\c1ccccc1. The first-order valence-electron chi connectivity index (χ1n) is 5.51. The highest BCUT2D eigenvalue weighted by Crippen LogP contribution is 2.03. The van der Waals surface area contributed by atoms with E-state index in [2.05, 4.69) is 50.3 Å². The van der Waals surface area contributed by atoms with Crippen molar-refractivity contribution in [2.45, 2.75) is 27.7 Å². The zero-order chi connectivity index (χ0) is 11.5. The zero-order valence-corrected chi connectivity index (χ0v) is 10.3. The van der Waals surface area contributed by atoms with Crippen LogP contribution in [0.5, 0.6) is 0 Å². The molecule has 1 aromatic carbocycles. The number of benzene rings is 1. The summed E-state index contributed by atoms with van der Waals surface area (Å²) in [6.45, 7) is 8.36. The molecule has 0 saturated heterocycles. The summed E-state index contributed by atoms with van der Waals surface area (Å²) < 4.78 is 0. The van der Waals surface area contributed by atoms with Crippen molar-refractivity contribution in [2.75, 3.05) is 0 Å². The summed E-state index contributed by atoms with van der Waals surface area (Å²) in [7, 11) is 0. The first-order chi connectivity index (χ1) is 7.20. The third kappa shape index (κ3) is 9.01. The molecule has 0 aliphatic heterocycles. The molecular formula is C15H22. The van der Waals surface area contributed by atoms with Gasteiger partial charge in [-0.25, -0.2) is 0 Å². The molecule has 0 atom stereocenters. The lowest BCUT2D eigenvalue weighted by molar-refractivity contribution is 0.836. The lowest BCUT2D eigenvalue weighted by Crippen LogP contribution is -1.76. The summed E-state index contributed by atoms with van der Waals surface area (Å²) in [6, 6.07) is 10.4. The van der Waals surface area contributed by atoms with Gasteiger partial charge in [-0.3, -0.25) is 0 Å². The number of rotatable bonds is 2. The summed E-state index contributed by atoms with van der Waals surface area (Å²) in [5.74, 6) is 0.634. The second-order valence-corrected chi connectivity index (χ2v) is 3.68. The van der Waals surface area contributed by atoms with Crippen LogP contribution >= 0.6 is 0 Å². The molecule has 0 nitrogen and oxygen atoms in total. The second kappa shape index (κ2) is 9.26. The van der Waals surface area contributed by atoms with Crippen LogP contribution in [0.1, 0.15) is 33.3 Å². The van der Waals surface area contributed by atoms with Crippen molar-refractivity contribution in [1.29, 1.82) is 0 Å². The third-order valence-corrected chi connectivity index (χ3v) is 1.81. The molecular weight excluding hydrogens is 180 g/mol. The minimum absolute atomic E-state index is 0.634. The monoisotopic (exact) mass is 202 g/mol. The van der Waals surface area contributed by atoms with Gasteiger partial charge in [0, 0.05) is 0 Å². The van der Waals surface area contributed by atoms with Crippen LogP contribution in [0.15, 0.2) is 48.6 Å². The number of allylic oxidation sites excluding steroid dienone is 3. The summed E-state index contributed by atoms with van der Waals surface area (Å²) >= 11 is 0. The van der Waals surface area contributed by atoms with Crippen molar-refractivity contribution < 1.29 is 0 Å². The minimum atomic E-state index is 0.634. The molecule has 0 fully saturated rings. The standard InChI is InChI=1S/C11H14.C4H8/c1-10(2)8-9-11-6-4-3-5-7-11;1-3-4-2/h3-10H,1-2H3;3-4H,1-2H3/b9-8-;4-3-. The molecule has 0 heteroatoms. The van der Waals surface area contributed by atoms with Crippen LogP contribution in [0.3, 0.4) is 0 Å². The van der Waals surface area contributed by atoms with E-state index in [9.17, 15) is 0 Å². The molecule has 0 aliphatic carbocycles. The summed E-state index contributed by atoms with van der Waals surface area (Å²) in [6.07, 6.45) is 8.36. The van der Waals surface area contributed by atoms with Crippen molar-refractivity contribution in [3.8, 4) is 0 Å². The fourth-order valence-corrected chi connectivity index (χ4v) is 0.868. The normalized spacial score (nSPS) is 10.7. The Balaban J connectivity index is 0.000000423. The van der Waals surface area contributed by atoms with Crippen LogP contribution in [0.2, 0.25) is 0 Å². The molecule has 0 N–H and O–H groups in total. The maximum atomic E-state index is 2.20. The van der Waals surface area contributed by atoms with Crippen molar-refractivity contribution in [3.63, 3.8) is 0 Å². The van der Waals surface area contributed by atoms with Crippen LogP contribution in [0, 0.1) is 5.92 Å². The Morgan fingerprint density at radius 3 is 1.87 bits per heavy atom. The number of hydrogen-bond acceptors (Lipinski definition) is 0. The highest BCUT2D eigenvalue weighted by atomic mass is 13.9. The van der Waals surface area contributed by atoms with E-state index >= 15 is 0 Å². The van der Waals surface area contributed by atoms with E-state index in [0.717, 1.165) is 0 Å². The van der Waals surface area contributed by atoms with Gasteiger partial charge < -0.3 is 0 Å². The fraction of sp³-hybridized carbons (Fsp3) is 0.333. The first-order valence-corrected chi connectivity index (χ1v) is 5.51. The van der Waals surface area contributed by atoms with Crippen molar-refractivity contribution >= 4 is 6.08 Å².